The number of benzene rings is 1. The van der Waals surface area contributed by atoms with Gasteiger partial charge >= 0.3 is 0 Å². The van der Waals surface area contributed by atoms with Gasteiger partial charge < -0.3 is 9.80 Å². The van der Waals surface area contributed by atoms with Gasteiger partial charge in [-0.05, 0) is 44.2 Å². The molecule has 0 spiro atoms. The second-order valence-electron chi connectivity index (χ2n) is 6.94. The number of fused-ring (bicyclic) bond motifs is 2. The number of rotatable bonds is 1. The topological polar surface area (TPSA) is 40.6 Å². The van der Waals surface area contributed by atoms with Crippen molar-refractivity contribution in [3.63, 3.8) is 0 Å². The van der Waals surface area contributed by atoms with Crippen molar-refractivity contribution >= 4 is 29.3 Å². The Morgan fingerprint density at radius 1 is 1.35 bits per heavy atom. The van der Waals surface area contributed by atoms with Crippen LogP contribution in [0.1, 0.15) is 37.3 Å². The van der Waals surface area contributed by atoms with Gasteiger partial charge in [-0.3, -0.25) is 9.59 Å². The molecular formula is C18H22N2O2S. The van der Waals surface area contributed by atoms with E-state index in [2.05, 4.69) is 32.0 Å². The maximum Gasteiger partial charge on any atom is 0.250 e. The van der Waals surface area contributed by atoms with Gasteiger partial charge in [0.05, 0.1) is 4.87 Å². The fourth-order valence-corrected chi connectivity index (χ4v) is 5.67. The first-order valence-corrected chi connectivity index (χ1v) is 9.36. The number of carbonyl (C=O) groups excluding carboxylic acids is 2. The van der Waals surface area contributed by atoms with Crippen LogP contribution in [0.2, 0.25) is 0 Å². The molecule has 0 aromatic heterocycles. The minimum Gasteiger partial charge on any atom is -0.315 e. The molecule has 3 aliphatic heterocycles. The van der Waals surface area contributed by atoms with E-state index in [1.165, 1.54) is 5.56 Å². The fraction of sp³-hybridized carbons (Fsp3) is 0.556. The first-order chi connectivity index (χ1) is 11.0. The third-order valence-corrected chi connectivity index (χ3v) is 6.92. The highest BCUT2D eigenvalue weighted by molar-refractivity contribution is 8.01. The Morgan fingerprint density at radius 2 is 2.17 bits per heavy atom. The fourth-order valence-electron chi connectivity index (χ4n) is 4.25. The summed E-state index contributed by atoms with van der Waals surface area (Å²) in [6.07, 6.45) is 3.45. The Kier molecular flexibility index (Phi) is 3.45. The summed E-state index contributed by atoms with van der Waals surface area (Å²) in [7, 11) is 0. The lowest BCUT2D eigenvalue weighted by atomic mass is 9.97. The number of hydrogen-bond acceptors (Lipinski definition) is 3. The van der Waals surface area contributed by atoms with Crippen LogP contribution in [0, 0.1) is 6.92 Å². The number of para-hydroxylation sites is 1. The van der Waals surface area contributed by atoms with Gasteiger partial charge in [0.15, 0.2) is 0 Å². The zero-order valence-corrected chi connectivity index (χ0v) is 14.5. The second-order valence-corrected chi connectivity index (χ2v) is 8.44. The molecule has 2 fully saturated rings. The lowest BCUT2D eigenvalue weighted by Crippen LogP contribution is -2.52. The first kappa shape index (κ1) is 15.1. The summed E-state index contributed by atoms with van der Waals surface area (Å²) in [6, 6.07) is 5.95. The third kappa shape index (κ3) is 2.20. The van der Waals surface area contributed by atoms with E-state index in [-0.39, 0.29) is 22.7 Å². The number of hydrogen-bond donors (Lipinski definition) is 0. The van der Waals surface area contributed by atoms with Crippen LogP contribution in [-0.2, 0) is 16.0 Å². The van der Waals surface area contributed by atoms with Gasteiger partial charge in [-0.2, -0.15) is 0 Å². The minimum absolute atomic E-state index is 0.103. The molecule has 0 saturated carbocycles. The van der Waals surface area contributed by atoms with E-state index >= 15 is 0 Å². The third-order valence-electron chi connectivity index (χ3n) is 5.42. The van der Waals surface area contributed by atoms with Crippen LogP contribution in [0.4, 0.5) is 5.69 Å². The lowest BCUT2D eigenvalue weighted by molar-refractivity contribution is -0.136. The molecule has 0 bridgehead atoms. The highest BCUT2D eigenvalue weighted by atomic mass is 32.2. The van der Waals surface area contributed by atoms with Gasteiger partial charge in [0.2, 0.25) is 5.91 Å². The molecule has 23 heavy (non-hydrogen) atoms. The molecule has 4 rings (SSSR count). The van der Waals surface area contributed by atoms with E-state index in [0.29, 0.717) is 6.42 Å². The first-order valence-electron chi connectivity index (χ1n) is 8.37. The van der Waals surface area contributed by atoms with Gasteiger partial charge in [-0.1, -0.05) is 18.2 Å². The van der Waals surface area contributed by atoms with Gasteiger partial charge in [-0.25, -0.2) is 0 Å². The summed E-state index contributed by atoms with van der Waals surface area (Å²) in [5.41, 5.74) is 3.48. The normalized spacial score (nSPS) is 29.7. The zero-order valence-electron chi connectivity index (χ0n) is 13.7. The van der Waals surface area contributed by atoms with Crippen molar-refractivity contribution in [2.45, 2.75) is 50.4 Å². The van der Waals surface area contributed by atoms with Crippen LogP contribution < -0.4 is 4.90 Å². The van der Waals surface area contributed by atoms with Crippen molar-refractivity contribution in [3.8, 4) is 0 Å². The lowest BCUT2D eigenvalue weighted by Gasteiger charge is -2.36. The number of anilines is 1. The van der Waals surface area contributed by atoms with Crippen molar-refractivity contribution < 1.29 is 9.59 Å². The van der Waals surface area contributed by atoms with E-state index in [4.69, 9.17) is 0 Å². The standard InChI is InChI=1S/C18H22N2O2S/c1-12-5-3-6-13-7-4-10-19(16(12)13)17(22)14-11-23-18(2)9-8-15(21)20(14)18/h3,5-6,14H,4,7-11H2,1-2H3. The maximum absolute atomic E-state index is 13.3. The average Bonchev–Trinajstić information content (AvgIpc) is 3.03. The molecule has 2 amide bonds. The summed E-state index contributed by atoms with van der Waals surface area (Å²) in [6.45, 7) is 4.93. The van der Waals surface area contributed by atoms with Gasteiger partial charge in [-0.15, -0.1) is 11.8 Å². The summed E-state index contributed by atoms with van der Waals surface area (Å²) in [5.74, 6) is 0.961. The predicted molar refractivity (Wildman–Crippen MR) is 92.6 cm³/mol. The van der Waals surface area contributed by atoms with Crippen molar-refractivity contribution in [3.05, 3.63) is 29.3 Å². The summed E-state index contributed by atoms with van der Waals surface area (Å²) < 4.78 is 0. The van der Waals surface area contributed by atoms with Crippen LogP contribution in [0.3, 0.4) is 0 Å². The molecule has 2 atom stereocenters. The molecule has 1 aromatic rings. The largest absolute Gasteiger partial charge is 0.315 e. The number of aryl methyl sites for hydroxylation is 2. The van der Waals surface area contributed by atoms with Gasteiger partial charge in [0.1, 0.15) is 6.04 Å². The van der Waals surface area contributed by atoms with E-state index in [0.717, 1.165) is 42.8 Å². The monoisotopic (exact) mass is 330 g/mol. The number of thioether (sulfide) groups is 1. The number of carbonyl (C=O) groups is 2. The van der Waals surface area contributed by atoms with E-state index < -0.39 is 0 Å². The summed E-state index contributed by atoms with van der Waals surface area (Å²) in [5, 5.41) is 0. The molecule has 0 aliphatic carbocycles. The SMILES string of the molecule is Cc1cccc2c1N(C(=O)C1CSC3(C)CCC(=O)N13)CCC2. The van der Waals surface area contributed by atoms with Crippen molar-refractivity contribution in [2.24, 2.45) is 0 Å². The molecule has 0 radical (unpaired) electrons. The highest BCUT2D eigenvalue weighted by Crippen LogP contribution is 2.48. The van der Waals surface area contributed by atoms with Crippen molar-refractivity contribution in [1.82, 2.24) is 4.90 Å². The van der Waals surface area contributed by atoms with Crippen LogP contribution in [0.25, 0.3) is 0 Å². The van der Waals surface area contributed by atoms with Crippen molar-refractivity contribution in [2.75, 3.05) is 17.2 Å². The Bertz CT molecular complexity index is 690. The minimum atomic E-state index is -0.300. The van der Waals surface area contributed by atoms with E-state index in [1.54, 1.807) is 11.8 Å². The van der Waals surface area contributed by atoms with Crippen molar-refractivity contribution in [1.29, 1.82) is 0 Å². The Morgan fingerprint density at radius 3 is 3.00 bits per heavy atom. The summed E-state index contributed by atoms with van der Waals surface area (Å²) >= 11 is 1.76. The maximum atomic E-state index is 13.3. The van der Waals surface area contributed by atoms with Crippen LogP contribution in [-0.4, -0.2) is 39.9 Å². The molecule has 4 nitrogen and oxygen atoms in total. The quantitative estimate of drug-likeness (QED) is 0.795. The molecule has 3 aliphatic rings. The number of nitrogens with zero attached hydrogens (tertiary/aromatic N) is 2. The molecule has 2 saturated heterocycles. The van der Waals surface area contributed by atoms with Crippen LogP contribution in [0.5, 0.6) is 0 Å². The summed E-state index contributed by atoms with van der Waals surface area (Å²) in [4.78, 5) is 29.2. The zero-order chi connectivity index (χ0) is 16.2. The molecule has 5 heteroatoms. The predicted octanol–water partition coefficient (Wildman–Crippen LogP) is 2.73. The Balaban J connectivity index is 1.68. The van der Waals surface area contributed by atoms with E-state index in [1.807, 2.05) is 9.80 Å². The van der Waals surface area contributed by atoms with Gasteiger partial charge in [0, 0.05) is 24.4 Å². The highest BCUT2D eigenvalue weighted by Gasteiger charge is 2.53. The Labute approximate surface area is 141 Å². The van der Waals surface area contributed by atoms with Crippen LogP contribution in [0.15, 0.2) is 18.2 Å². The molecule has 122 valence electrons. The second kappa shape index (κ2) is 5.26. The molecule has 1 aromatic carbocycles. The average molecular weight is 330 g/mol. The number of amides is 2. The molecule has 3 heterocycles. The molecule has 0 N–H and O–H groups in total. The molecule has 2 unspecified atom stereocenters. The Hall–Kier alpha value is -1.49. The molecular weight excluding hydrogens is 308 g/mol. The van der Waals surface area contributed by atoms with Gasteiger partial charge in [0.25, 0.3) is 5.91 Å². The smallest absolute Gasteiger partial charge is 0.250 e. The van der Waals surface area contributed by atoms with Crippen LogP contribution >= 0.6 is 11.8 Å². The van der Waals surface area contributed by atoms with E-state index in [9.17, 15) is 9.59 Å².